The van der Waals surface area contributed by atoms with Gasteiger partial charge in [-0.1, -0.05) is 36.4 Å². The number of imide groups is 1. The fourth-order valence-electron chi connectivity index (χ4n) is 5.13. The number of aromatic amines is 1. The summed E-state index contributed by atoms with van der Waals surface area (Å²) in [6, 6.07) is 14.0. The average molecular weight is 419 g/mol. The van der Waals surface area contributed by atoms with Crippen molar-refractivity contribution >= 4 is 28.7 Å². The molecule has 3 heterocycles. The Kier molecular flexibility index (Phi) is 4.33. The van der Waals surface area contributed by atoms with Gasteiger partial charge in [0, 0.05) is 35.1 Å². The number of hydrogen-bond donors (Lipinski definition) is 4. The predicted molar refractivity (Wildman–Crippen MR) is 111 cm³/mol. The molecule has 4 N–H and O–H groups in total. The molecule has 2 aromatic carbocycles. The van der Waals surface area contributed by atoms with Crippen molar-refractivity contribution in [2.24, 2.45) is 11.8 Å². The molecule has 3 aromatic rings. The largest absolute Gasteiger partial charge is 0.496 e. The molecule has 2 saturated heterocycles. The standard InChI is InChI=1S/C23H21N3O5/c1-31-16-9-5-3-7-14(16)19-17-18(21(28)25-20(17)27)23(26-19,22(29)30)10-12-11-24-15-8-4-2-6-13(12)15/h2-9,11,17-19,24,26H,10H2,1H3,(H,29,30)(H,25,27,28). The Bertz CT molecular complexity index is 1220. The van der Waals surface area contributed by atoms with E-state index in [1.165, 1.54) is 7.11 Å². The minimum atomic E-state index is -1.66. The van der Waals surface area contributed by atoms with E-state index in [9.17, 15) is 19.5 Å². The molecule has 158 valence electrons. The molecule has 1 aromatic heterocycles. The number of H-pyrrole nitrogens is 1. The van der Waals surface area contributed by atoms with Crippen LogP contribution in [0.15, 0.2) is 54.7 Å². The van der Waals surface area contributed by atoms with Crippen molar-refractivity contribution in [3.8, 4) is 5.75 Å². The third-order valence-corrected chi connectivity index (χ3v) is 6.49. The van der Waals surface area contributed by atoms with Crippen molar-refractivity contribution in [1.29, 1.82) is 0 Å². The Morgan fingerprint density at radius 1 is 1.10 bits per heavy atom. The number of para-hydroxylation sites is 2. The SMILES string of the molecule is COc1ccccc1C1NC(Cc2c[nH]c3ccccc23)(C(=O)O)C2C(=O)NC(=O)C12. The lowest BCUT2D eigenvalue weighted by Crippen LogP contribution is -2.57. The number of hydrogen-bond acceptors (Lipinski definition) is 5. The number of fused-ring (bicyclic) bond motifs is 2. The van der Waals surface area contributed by atoms with E-state index in [2.05, 4.69) is 15.6 Å². The number of rotatable bonds is 5. The van der Waals surface area contributed by atoms with E-state index in [1.807, 2.05) is 24.3 Å². The topological polar surface area (TPSA) is 121 Å². The van der Waals surface area contributed by atoms with Crippen molar-refractivity contribution < 1.29 is 24.2 Å². The van der Waals surface area contributed by atoms with E-state index < -0.39 is 41.2 Å². The van der Waals surface area contributed by atoms with Crippen molar-refractivity contribution in [1.82, 2.24) is 15.6 Å². The van der Waals surface area contributed by atoms with E-state index in [1.54, 1.807) is 30.5 Å². The van der Waals surface area contributed by atoms with E-state index in [0.717, 1.165) is 16.5 Å². The quantitative estimate of drug-likeness (QED) is 0.468. The molecule has 2 aliphatic rings. The van der Waals surface area contributed by atoms with Crippen LogP contribution in [0, 0.1) is 11.8 Å². The van der Waals surface area contributed by atoms with Crippen LogP contribution in [-0.2, 0) is 20.8 Å². The molecule has 4 unspecified atom stereocenters. The molecule has 31 heavy (non-hydrogen) atoms. The molecule has 2 aliphatic heterocycles. The Labute approximate surface area is 177 Å². The highest BCUT2D eigenvalue weighted by atomic mass is 16.5. The molecule has 8 nitrogen and oxygen atoms in total. The monoisotopic (exact) mass is 419 g/mol. The first-order chi connectivity index (χ1) is 15.0. The number of carbonyl (C=O) groups is 3. The van der Waals surface area contributed by atoms with Gasteiger partial charge in [0.1, 0.15) is 11.3 Å². The molecule has 0 radical (unpaired) electrons. The number of carboxylic acids is 1. The highest BCUT2D eigenvalue weighted by Gasteiger charge is 2.66. The first-order valence-electron chi connectivity index (χ1n) is 10.00. The Morgan fingerprint density at radius 3 is 2.61 bits per heavy atom. The van der Waals surface area contributed by atoms with Gasteiger partial charge in [0.2, 0.25) is 11.8 Å². The summed E-state index contributed by atoms with van der Waals surface area (Å²) < 4.78 is 5.45. The van der Waals surface area contributed by atoms with Gasteiger partial charge in [-0.05, 0) is 17.7 Å². The van der Waals surface area contributed by atoms with Crippen molar-refractivity contribution in [3.63, 3.8) is 0 Å². The van der Waals surface area contributed by atoms with Crippen LogP contribution < -0.4 is 15.4 Å². The second-order valence-corrected chi connectivity index (χ2v) is 8.03. The highest BCUT2D eigenvalue weighted by molar-refractivity contribution is 6.09. The van der Waals surface area contributed by atoms with Crippen molar-refractivity contribution in [2.45, 2.75) is 18.0 Å². The van der Waals surface area contributed by atoms with Gasteiger partial charge in [-0.3, -0.25) is 25.0 Å². The molecule has 2 amide bonds. The normalized spacial score (nSPS) is 27.3. The van der Waals surface area contributed by atoms with Crippen LogP contribution in [0.1, 0.15) is 17.2 Å². The number of aliphatic carboxylic acids is 1. The lowest BCUT2D eigenvalue weighted by molar-refractivity contribution is -0.149. The summed E-state index contributed by atoms with van der Waals surface area (Å²) in [5, 5.41) is 16.8. The van der Waals surface area contributed by atoms with Gasteiger partial charge in [-0.25, -0.2) is 0 Å². The molecule has 0 spiro atoms. The van der Waals surface area contributed by atoms with E-state index >= 15 is 0 Å². The number of carbonyl (C=O) groups excluding carboxylic acids is 2. The Balaban J connectivity index is 1.65. The first kappa shape index (κ1) is 19.3. The fraction of sp³-hybridized carbons (Fsp3) is 0.261. The maximum atomic E-state index is 12.8. The summed E-state index contributed by atoms with van der Waals surface area (Å²) in [4.78, 5) is 41.5. The summed E-state index contributed by atoms with van der Waals surface area (Å²) in [6.45, 7) is 0. The number of aromatic nitrogens is 1. The average Bonchev–Trinajstić information content (AvgIpc) is 3.42. The van der Waals surface area contributed by atoms with Gasteiger partial charge in [0.25, 0.3) is 0 Å². The third kappa shape index (κ3) is 2.75. The lowest BCUT2D eigenvalue weighted by atomic mass is 9.76. The summed E-state index contributed by atoms with van der Waals surface area (Å²) >= 11 is 0. The Hall–Kier alpha value is -3.65. The van der Waals surface area contributed by atoms with Gasteiger partial charge in [0.15, 0.2) is 0 Å². The smallest absolute Gasteiger partial charge is 0.325 e. The van der Waals surface area contributed by atoms with Crippen LogP contribution in [0.4, 0.5) is 0 Å². The molecule has 4 atom stereocenters. The molecule has 0 saturated carbocycles. The minimum Gasteiger partial charge on any atom is -0.496 e. The highest BCUT2D eigenvalue weighted by Crippen LogP contribution is 2.49. The zero-order valence-corrected chi connectivity index (χ0v) is 16.7. The summed E-state index contributed by atoms with van der Waals surface area (Å²) in [6.07, 6.45) is 1.80. The van der Waals surface area contributed by atoms with Gasteiger partial charge in [-0.2, -0.15) is 0 Å². The molecular formula is C23H21N3O5. The van der Waals surface area contributed by atoms with Gasteiger partial charge >= 0.3 is 5.97 Å². The zero-order valence-electron chi connectivity index (χ0n) is 16.7. The first-order valence-corrected chi connectivity index (χ1v) is 10.00. The van der Waals surface area contributed by atoms with Crippen molar-refractivity contribution in [2.75, 3.05) is 7.11 Å². The molecule has 5 rings (SSSR count). The molecule has 0 aliphatic carbocycles. The van der Waals surface area contributed by atoms with E-state index in [-0.39, 0.29) is 6.42 Å². The lowest BCUT2D eigenvalue weighted by Gasteiger charge is -2.30. The molecule has 2 fully saturated rings. The second-order valence-electron chi connectivity index (χ2n) is 8.03. The fourth-order valence-corrected chi connectivity index (χ4v) is 5.13. The summed E-state index contributed by atoms with van der Waals surface area (Å²) in [5.41, 5.74) is 0.627. The number of ether oxygens (including phenoxy) is 1. The van der Waals surface area contributed by atoms with Gasteiger partial charge < -0.3 is 14.8 Å². The van der Waals surface area contributed by atoms with E-state index in [0.29, 0.717) is 11.3 Å². The van der Waals surface area contributed by atoms with Crippen molar-refractivity contribution in [3.05, 3.63) is 65.9 Å². The van der Waals surface area contributed by atoms with Crippen LogP contribution in [0.3, 0.4) is 0 Å². The van der Waals surface area contributed by atoms with E-state index in [4.69, 9.17) is 4.74 Å². The molecule has 0 bridgehead atoms. The van der Waals surface area contributed by atoms with Crippen LogP contribution in [0.5, 0.6) is 5.75 Å². The van der Waals surface area contributed by atoms with Gasteiger partial charge in [-0.15, -0.1) is 0 Å². The number of benzene rings is 2. The Morgan fingerprint density at radius 2 is 1.84 bits per heavy atom. The molecular weight excluding hydrogens is 398 g/mol. The summed E-state index contributed by atoms with van der Waals surface area (Å²) in [7, 11) is 1.52. The number of amides is 2. The van der Waals surface area contributed by atoms with Crippen LogP contribution >= 0.6 is 0 Å². The van der Waals surface area contributed by atoms with Crippen LogP contribution in [0.25, 0.3) is 10.9 Å². The maximum absolute atomic E-state index is 12.8. The predicted octanol–water partition coefficient (Wildman–Crippen LogP) is 1.78. The maximum Gasteiger partial charge on any atom is 0.325 e. The van der Waals surface area contributed by atoms with Crippen LogP contribution in [0.2, 0.25) is 0 Å². The third-order valence-electron chi connectivity index (χ3n) is 6.49. The minimum absolute atomic E-state index is 0.0415. The van der Waals surface area contributed by atoms with Gasteiger partial charge in [0.05, 0.1) is 18.9 Å². The second kappa shape index (κ2) is 6.95. The molecule has 8 heteroatoms. The zero-order chi connectivity index (χ0) is 21.8. The number of carboxylic acid groups (broad SMARTS) is 1. The summed E-state index contributed by atoms with van der Waals surface area (Å²) in [5.74, 6) is -3.59. The van der Waals surface area contributed by atoms with Crippen LogP contribution in [-0.4, -0.2) is 40.5 Å². The number of nitrogens with one attached hydrogen (secondary N) is 3. The number of methoxy groups -OCH3 is 1.